The van der Waals surface area contributed by atoms with Gasteiger partial charge in [-0.05, 0) is 0 Å². The minimum Gasteiger partial charge on any atom is -0.469 e. The molecule has 0 aliphatic carbocycles. The van der Waals surface area contributed by atoms with Gasteiger partial charge in [0.25, 0.3) is 0 Å². The van der Waals surface area contributed by atoms with Gasteiger partial charge in [0.2, 0.25) is 0 Å². The Labute approximate surface area is 61.2 Å². The van der Waals surface area contributed by atoms with Crippen LogP contribution < -0.4 is 0 Å². The molecule has 0 rings (SSSR count). The van der Waals surface area contributed by atoms with Crippen molar-refractivity contribution < 1.29 is 18.8 Å². The Morgan fingerprint density at radius 2 is 1.80 bits per heavy atom. The molecule has 0 aliphatic heterocycles. The molecule has 1 atom stereocenters. The van der Waals surface area contributed by atoms with Crippen molar-refractivity contribution in [2.45, 2.75) is 12.8 Å². The number of esters is 1. The monoisotopic (exact) mass is 164 g/mol. The molecule has 0 heterocycles. The topological polar surface area (TPSA) is 52.6 Å². The number of carbonyl (C=O) groups is 2. The lowest BCUT2D eigenvalue weighted by atomic mass is 10.3. The van der Waals surface area contributed by atoms with Crippen LogP contribution in [0.1, 0.15) is 12.8 Å². The maximum absolute atomic E-state index is 10.4. The van der Waals surface area contributed by atoms with Gasteiger partial charge in [-0.25, -0.2) is 0 Å². The number of hydrogen-bond acceptors (Lipinski definition) is 4. The van der Waals surface area contributed by atoms with Crippen LogP contribution in [0, 0.1) is 0 Å². The maximum atomic E-state index is 10.4. The molecule has 0 aliphatic rings. The van der Waals surface area contributed by atoms with E-state index in [2.05, 4.69) is 9.26 Å². The first-order valence-corrected chi connectivity index (χ1v) is 3.14. The quantitative estimate of drug-likeness (QED) is 0.444. The van der Waals surface area contributed by atoms with E-state index in [1.807, 2.05) is 9.47 Å². The Kier molecular flexibility index (Phi) is 4.85. The molecule has 0 amide bonds. The zero-order chi connectivity index (χ0) is 7.98. The molecule has 0 saturated heterocycles. The van der Waals surface area contributed by atoms with E-state index in [1.54, 1.807) is 0 Å². The van der Waals surface area contributed by atoms with Crippen LogP contribution in [0.4, 0.5) is 0 Å². The Balaban J connectivity index is 3.35. The number of carbonyl (C=O) groups excluding carboxylic acids is 2. The smallest absolute Gasteiger partial charge is 0.308 e. The lowest BCUT2D eigenvalue weighted by Crippen LogP contribution is -2.04. The van der Waals surface area contributed by atoms with E-state index >= 15 is 0 Å². The molecule has 4 nitrogen and oxygen atoms in total. The van der Waals surface area contributed by atoms with Crippen molar-refractivity contribution >= 4 is 21.4 Å². The predicted molar refractivity (Wildman–Crippen MR) is 37.1 cm³/mol. The molecule has 0 aromatic heterocycles. The van der Waals surface area contributed by atoms with Gasteiger partial charge in [0.15, 0.2) is 0 Å². The zero-order valence-corrected chi connectivity index (χ0v) is 6.78. The molecule has 0 N–H and O–H groups in total. The summed E-state index contributed by atoms with van der Waals surface area (Å²) in [4.78, 5) is 20.8. The summed E-state index contributed by atoms with van der Waals surface area (Å²) in [6.07, 6.45) is 0.139. The largest absolute Gasteiger partial charge is 0.469 e. The first kappa shape index (κ1) is 9.37. The summed E-state index contributed by atoms with van der Waals surface area (Å²) in [5, 5.41) is 0. The molecule has 0 bridgehead atoms. The fourth-order valence-electron chi connectivity index (χ4n) is 0.365. The van der Waals surface area contributed by atoms with Crippen LogP contribution in [0.3, 0.4) is 0 Å². The molecule has 0 fully saturated rings. The van der Waals surface area contributed by atoms with Crippen LogP contribution in [-0.2, 0) is 18.8 Å². The average molecular weight is 164 g/mol. The molecule has 0 saturated carbocycles. The minimum absolute atomic E-state index is 0.0656. The van der Waals surface area contributed by atoms with Gasteiger partial charge in [0.1, 0.15) is 0 Å². The molecule has 0 aromatic rings. The fourth-order valence-corrected chi connectivity index (χ4v) is 0.483. The maximum Gasteiger partial charge on any atom is 0.308 e. The van der Waals surface area contributed by atoms with Crippen molar-refractivity contribution in [3.63, 3.8) is 0 Å². The van der Waals surface area contributed by atoms with Crippen molar-refractivity contribution in [3.8, 4) is 0 Å². The van der Waals surface area contributed by atoms with Gasteiger partial charge >= 0.3 is 11.9 Å². The standard InChI is InChI=1S/C5H9O4P/c1-8-4(6)2-3-5(7)9-10/h2-3,10H2,1H3. The summed E-state index contributed by atoms with van der Waals surface area (Å²) < 4.78 is 8.51. The Morgan fingerprint density at radius 3 is 2.20 bits per heavy atom. The van der Waals surface area contributed by atoms with Gasteiger partial charge in [-0.2, -0.15) is 0 Å². The van der Waals surface area contributed by atoms with E-state index in [0.717, 1.165) is 0 Å². The second-order valence-corrected chi connectivity index (χ2v) is 1.80. The normalized spacial score (nSPS) is 8.60. The van der Waals surface area contributed by atoms with Crippen LogP contribution >= 0.6 is 9.47 Å². The van der Waals surface area contributed by atoms with Gasteiger partial charge in [-0.15, -0.1) is 0 Å². The summed E-state index contributed by atoms with van der Waals surface area (Å²) in [6, 6.07) is 0. The van der Waals surface area contributed by atoms with Gasteiger partial charge in [-0.3, -0.25) is 9.59 Å². The molecular formula is C5H9O4P. The summed E-state index contributed by atoms with van der Waals surface area (Å²) in [6.45, 7) is 0. The number of ether oxygens (including phenoxy) is 1. The lowest BCUT2D eigenvalue weighted by molar-refractivity contribution is -0.144. The first-order valence-electron chi connectivity index (χ1n) is 2.67. The second kappa shape index (κ2) is 5.18. The molecule has 5 heteroatoms. The molecule has 1 unspecified atom stereocenters. The third-order valence-electron chi connectivity index (χ3n) is 0.892. The molecule has 10 heavy (non-hydrogen) atoms. The third-order valence-corrected chi connectivity index (χ3v) is 1.16. The minimum atomic E-state index is -0.435. The number of methoxy groups -OCH3 is 1. The molecular weight excluding hydrogens is 155 g/mol. The number of hydrogen-bond donors (Lipinski definition) is 0. The SMILES string of the molecule is COC(=O)CCC(=O)OP. The zero-order valence-electron chi connectivity index (χ0n) is 5.62. The van der Waals surface area contributed by atoms with E-state index in [4.69, 9.17) is 0 Å². The van der Waals surface area contributed by atoms with Crippen molar-refractivity contribution in [3.05, 3.63) is 0 Å². The highest BCUT2D eigenvalue weighted by atomic mass is 31.0. The van der Waals surface area contributed by atoms with Crippen LogP contribution in [0.2, 0.25) is 0 Å². The van der Waals surface area contributed by atoms with Crippen LogP contribution in [0.15, 0.2) is 0 Å². The summed E-state index contributed by atoms with van der Waals surface area (Å²) in [5.41, 5.74) is 0. The fraction of sp³-hybridized carbons (Fsp3) is 0.600. The lowest BCUT2D eigenvalue weighted by Gasteiger charge is -1.96. The Hall–Kier alpha value is -0.630. The molecule has 0 spiro atoms. The third kappa shape index (κ3) is 4.27. The second-order valence-electron chi connectivity index (χ2n) is 1.57. The van der Waals surface area contributed by atoms with E-state index in [0.29, 0.717) is 0 Å². The highest BCUT2D eigenvalue weighted by Crippen LogP contribution is 1.97. The molecule has 0 radical (unpaired) electrons. The van der Waals surface area contributed by atoms with Crippen LogP contribution in [0.5, 0.6) is 0 Å². The van der Waals surface area contributed by atoms with Gasteiger partial charge in [0, 0.05) is 0 Å². The molecule has 0 aromatic carbocycles. The van der Waals surface area contributed by atoms with Gasteiger partial charge < -0.3 is 9.26 Å². The van der Waals surface area contributed by atoms with E-state index in [1.165, 1.54) is 7.11 Å². The Morgan fingerprint density at radius 1 is 1.30 bits per heavy atom. The van der Waals surface area contributed by atoms with E-state index < -0.39 is 11.9 Å². The van der Waals surface area contributed by atoms with E-state index in [9.17, 15) is 9.59 Å². The number of rotatable bonds is 3. The molecule has 58 valence electrons. The summed E-state index contributed by atoms with van der Waals surface area (Å²) in [7, 11) is 3.09. The van der Waals surface area contributed by atoms with Crippen molar-refractivity contribution in [1.29, 1.82) is 0 Å². The van der Waals surface area contributed by atoms with Crippen LogP contribution in [0.25, 0.3) is 0 Å². The average Bonchev–Trinajstić information content (AvgIpc) is 1.99. The van der Waals surface area contributed by atoms with Gasteiger partial charge in [-0.1, -0.05) is 0 Å². The van der Waals surface area contributed by atoms with Crippen molar-refractivity contribution in [1.82, 2.24) is 0 Å². The van der Waals surface area contributed by atoms with Crippen molar-refractivity contribution in [2.75, 3.05) is 7.11 Å². The highest BCUT2D eigenvalue weighted by Gasteiger charge is 2.05. The highest BCUT2D eigenvalue weighted by molar-refractivity contribution is 7.10. The first-order chi connectivity index (χ1) is 4.70. The van der Waals surface area contributed by atoms with Gasteiger partial charge in [0.05, 0.1) is 29.4 Å². The summed E-state index contributed by atoms with van der Waals surface area (Å²) in [5.74, 6) is -0.842. The predicted octanol–water partition coefficient (Wildman–Crippen LogP) is 0.273. The van der Waals surface area contributed by atoms with Crippen LogP contribution in [-0.4, -0.2) is 19.0 Å². The van der Waals surface area contributed by atoms with E-state index in [-0.39, 0.29) is 12.8 Å². The Bertz CT molecular complexity index is 118. The summed E-state index contributed by atoms with van der Waals surface area (Å²) >= 11 is 0. The van der Waals surface area contributed by atoms with Crippen molar-refractivity contribution in [2.24, 2.45) is 0 Å².